The molecule has 1 aromatic heterocycles. The third-order valence-electron chi connectivity index (χ3n) is 5.08. The van der Waals surface area contributed by atoms with E-state index >= 15 is 0 Å². The number of carbonyl (C=O) groups is 1. The van der Waals surface area contributed by atoms with Gasteiger partial charge in [0.2, 0.25) is 5.91 Å². The molecular weight excluding hydrogens is 314 g/mol. The quantitative estimate of drug-likeness (QED) is 0.860. The number of nitrogens with zero attached hydrogens (tertiary/aromatic N) is 5. The predicted molar refractivity (Wildman–Crippen MR) is 93.9 cm³/mol. The van der Waals surface area contributed by atoms with Crippen LogP contribution in [0, 0.1) is 11.3 Å². The minimum Gasteiger partial charge on any atom is -0.309 e. The highest BCUT2D eigenvalue weighted by atomic mass is 16.2. The fourth-order valence-electron chi connectivity index (χ4n) is 3.70. The van der Waals surface area contributed by atoms with Crippen molar-refractivity contribution in [1.82, 2.24) is 14.7 Å². The number of benzene rings is 1. The molecule has 2 aliphatic rings. The van der Waals surface area contributed by atoms with Crippen molar-refractivity contribution >= 4 is 11.6 Å². The average molecular weight is 335 g/mol. The van der Waals surface area contributed by atoms with E-state index in [1.54, 1.807) is 0 Å². The summed E-state index contributed by atoms with van der Waals surface area (Å²) < 4.78 is 2.01. The summed E-state index contributed by atoms with van der Waals surface area (Å²) in [6.45, 7) is 3.68. The minimum atomic E-state index is 0.202. The monoisotopic (exact) mass is 335 g/mol. The van der Waals surface area contributed by atoms with Crippen molar-refractivity contribution in [2.75, 3.05) is 24.5 Å². The maximum absolute atomic E-state index is 11.9. The molecule has 2 saturated heterocycles. The second-order valence-corrected chi connectivity index (χ2v) is 6.81. The number of likely N-dealkylation sites (tertiary alicyclic amines) is 1. The molecule has 0 saturated carbocycles. The maximum Gasteiger partial charge on any atom is 0.227 e. The summed E-state index contributed by atoms with van der Waals surface area (Å²) in [7, 11) is 0. The van der Waals surface area contributed by atoms with Gasteiger partial charge in [0.15, 0.2) is 0 Å². The molecule has 2 fully saturated rings. The first kappa shape index (κ1) is 15.9. The highest BCUT2D eigenvalue weighted by Crippen LogP contribution is 2.26. The largest absolute Gasteiger partial charge is 0.309 e. The van der Waals surface area contributed by atoms with E-state index in [1.807, 2.05) is 46.2 Å². The van der Waals surface area contributed by atoms with E-state index in [0.717, 1.165) is 44.7 Å². The van der Waals surface area contributed by atoms with Crippen LogP contribution in [0.3, 0.4) is 0 Å². The third-order valence-corrected chi connectivity index (χ3v) is 5.08. The van der Waals surface area contributed by atoms with Crippen LogP contribution < -0.4 is 4.90 Å². The highest BCUT2D eigenvalue weighted by molar-refractivity contribution is 5.95. The second kappa shape index (κ2) is 6.69. The number of amides is 1. The van der Waals surface area contributed by atoms with Crippen LogP contribution in [0.15, 0.2) is 36.7 Å². The Labute approximate surface area is 147 Å². The molecule has 2 aliphatic heterocycles. The van der Waals surface area contributed by atoms with E-state index in [4.69, 9.17) is 5.26 Å². The van der Waals surface area contributed by atoms with Crippen molar-refractivity contribution < 1.29 is 4.79 Å². The zero-order valence-corrected chi connectivity index (χ0v) is 14.1. The number of hydrogen-bond donors (Lipinski definition) is 0. The van der Waals surface area contributed by atoms with Crippen molar-refractivity contribution in [3.63, 3.8) is 0 Å². The first-order valence-corrected chi connectivity index (χ1v) is 8.79. The molecule has 6 heteroatoms. The molecule has 1 aromatic carbocycles. The topological polar surface area (TPSA) is 65.2 Å². The van der Waals surface area contributed by atoms with Crippen LogP contribution in [-0.2, 0) is 11.3 Å². The standard InChI is InChI=1S/C19H21N5O/c20-10-15-3-5-16(6-4-15)12-22-9-7-17(13-22)24-14-18(11-21-24)23-8-1-2-19(23)25/h3-6,11,14,17H,1-2,7-9,12-13H2. The molecule has 1 unspecified atom stereocenters. The Bertz CT molecular complexity index is 804. The fraction of sp³-hybridized carbons (Fsp3) is 0.421. The number of nitriles is 1. The number of anilines is 1. The van der Waals surface area contributed by atoms with E-state index in [1.165, 1.54) is 5.56 Å². The van der Waals surface area contributed by atoms with Gasteiger partial charge in [-0.1, -0.05) is 12.1 Å². The summed E-state index contributed by atoms with van der Waals surface area (Å²) in [6, 6.07) is 10.3. The van der Waals surface area contributed by atoms with Crippen molar-refractivity contribution in [3.8, 4) is 6.07 Å². The first-order chi connectivity index (χ1) is 12.2. The van der Waals surface area contributed by atoms with Crippen molar-refractivity contribution in [3.05, 3.63) is 47.8 Å². The summed E-state index contributed by atoms with van der Waals surface area (Å²) in [6.07, 6.45) is 6.47. The molecule has 2 aromatic rings. The van der Waals surface area contributed by atoms with Crippen molar-refractivity contribution in [2.24, 2.45) is 0 Å². The van der Waals surface area contributed by atoms with Gasteiger partial charge in [-0.25, -0.2) is 0 Å². The average Bonchev–Trinajstić information content (AvgIpc) is 3.35. The first-order valence-electron chi connectivity index (χ1n) is 8.79. The normalized spacial score (nSPS) is 21.0. The summed E-state index contributed by atoms with van der Waals surface area (Å²) in [5.41, 5.74) is 2.85. The van der Waals surface area contributed by atoms with Gasteiger partial charge in [0, 0.05) is 38.8 Å². The molecule has 0 spiro atoms. The molecule has 0 aliphatic carbocycles. The molecule has 6 nitrogen and oxygen atoms in total. The number of rotatable bonds is 4. The Balaban J connectivity index is 1.38. The molecule has 3 heterocycles. The van der Waals surface area contributed by atoms with E-state index in [0.29, 0.717) is 18.0 Å². The Kier molecular flexibility index (Phi) is 4.24. The van der Waals surface area contributed by atoms with E-state index in [2.05, 4.69) is 16.1 Å². The zero-order chi connectivity index (χ0) is 17.2. The van der Waals surface area contributed by atoms with Gasteiger partial charge in [-0.15, -0.1) is 0 Å². The molecule has 0 N–H and O–H groups in total. The molecule has 25 heavy (non-hydrogen) atoms. The Hall–Kier alpha value is -2.65. The highest BCUT2D eigenvalue weighted by Gasteiger charge is 2.27. The fourth-order valence-corrected chi connectivity index (χ4v) is 3.70. The maximum atomic E-state index is 11.9. The number of carbonyl (C=O) groups excluding carboxylic acids is 1. The lowest BCUT2D eigenvalue weighted by molar-refractivity contribution is -0.117. The van der Waals surface area contributed by atoms with Crippen LogP contribution in [0.25, 0.3) is 0 Å². The smallest absolute Gasteiger partial charge is 0.227 e. The molecular formula is C19H21N5O. The van der Waals surface area contributed by atoms with Gasteiger partial charge >= 0.3 is 0 Å². The van der Waals surface area contributed by atoms with Crippen LogP contribution in [0.4, 0.5) is 5.69 Å². The third kappa shape index (κ3) is 3.28. The Morgan fingerprint density at radius 2 is 2.08 bits per heavy atom. The second-order valence-electron chi connectivity index (χ2n) is 6.81. The van der Waals surface area contributed by atoms with Crippen LogP contribution >= 0.6 is 0 Å². The van der Waals surface area contributed by atoms with Gasteiger partial charge in [0.1, 0.15) is 0 Å². The molecule has 0 radical (unpaired) electrons. The van der Waals surface area contributed by atoms with Crippen LogP contribution in [-0.4, -0.2) is 40.2 Å². The summed E-state index contributed by atoms with van der Waals surface area (Å²) in [4.78, 5) is 16.1. The van der Waals surface area contributed by atoms with Crippen LogP contribution in [0.5, 0.6) is 0 Å². The van der Waals surface area contributed by atoms with Crippen molar-refractivity contribution in [2.45, 2.75) is 31.8 Å². The summed E-state index contributed by atoms with van der Waals surface area (Å²) >= 11 is 0. The lowest BCUT2D eigenvalue weighted by atomic mass is 10.1. The number of hydrogen-bond acceptors (Lipinski definition) is 4. The van der Waals surface area contributed by atoms with Gasteiger partial charge in [-0.3, -0.25) is 14.4 Å². The van der Waals surface area contributed by atoms with Gasteiger partial charge in [-0.05, 0) is 30.5 Å². The minimum absolute atomic E-state index is 0.202. The van der Waals surface area contributed by atoms with E-state index < -0.39 is 0 Å². The van der Waals surface area contributed by atoms with Crippen LogP contribution in [0.1, 0.15) is 36.4 Å². The zero-order valence-electron chi connectivity index (χ0n) is 14.1. The molecule has 4 rings (SSSR count). The summed E-state index contributed by atoms with van der Waals surface area (Å²) in [5, 5.41) is 13.4. The molecule has 0 bridgehead atoms. The Morgan fingerprint density at radius 1 is 1.24 bits per heavy atom. The molecule has 1 atom stereocenters. The van der Waals surface area contributed by atoms with Gasteiger partial charge in [0.05, 0.1) is 29.6 Å². The summed E-state index contributed by atoms with van der Waals surface area (Å²) in [5.74, 6) is 0.202. The predicted octanol–water partition coefficient (Wildman–Crippen LogP) is 2.33. The lowest BCUT2D eigenvalue weighted by Gasteiger charge is -2.16. The molecule has 128 valence electrons. The van der Waals surface area contributed by atoms with Gasteiger partial charge in [-0.2, -0.15) is 10.4 Å². The SMILES string of the molecule is N#Cc1ccc(CN2CCC(n3cc(N4CCCC4=O)cn3)C2)cc1. The Morgan fingerprint density at radius 3 is 2.80 bits per heavy atom. The molecule has 1 amide bonds. The number of aromatic nitrogens is 2. The van der Waals surface area contributed by atoms with E-state index in [-0.39, 0.29) is 5.91 Å². The lowest BCUT2D eigenvalue weighted by Crippen LogP contribution is -2.23. The van der Waals surface area contributed by atoms with Gasteiger partial charge < -0.3 is 4.90 Å². The van der Waals surface area contributed by atoms with Gasteiger partial charge in [0.25, 0.3) is 0 Å². The van der Waals surface area contributed by atoms with E-state index in [9.17, 15) is 4.79 Å². The van der Waals surface area contributed by atoms with Crippen LogP contribution in [0.2, 0.25) is 0 Å². The van der Waals surface area contributed by atoms with Crippen molar-refractivity contribution in [1.29, 1.82) is 5.26 Å².